The van der Waals surface area contributed by atoms with Crippen LogP contribution < -0.4 is 29.1 Å². The second kappa shape index (κ2) is 13.0. The summed E-state index contributed by atoms with van der Waals surface area (Å²) in [5.74, 6) is 1.80. The number of ether oxygens (including phenoxy) is 4. The van der Waals surface area contributed by atoms with Crippen molar-refractivity contribution in [2.75, 3.05) is 27.4 Å². The molecule has 0 unspecified atom stereocenters. The standard InChI is InChI=1S/C31H36N2O6S/c1-7-9-24-27(30(35)38-8-2)28(23-17-22(36-5)14-15-25(23)37-6)33-29(34)26(40-31(33)32-24)16-20-10-12-21(13-11-20)39-18-19(3)4/h10-17,19,28H,7-9,18H2,1-6H3/b26-16-/t28-/m1/s1. The molecule has 2 aromatic carbocycles. The summed E-state index contributed by atoms with van der Waals surface area (Å²) in [5, 5.41) is 0. The minimum atomic E-state index is -0.796. The predicted octanol–water partition coefficient (Wildman–Crippen LogP) is 4.63. The molecule has 40 heavy (non-hydrogen) atoms. The molecule has 0 saturated heterocycles. The van der Waals surface area contributed by atoms with E-state index in [1.165, 1.54) is 11.3 Å². The number of fused-ring (bicyclic) bond motifs is 1. The normalized spacial score (nSPS) is 15.1. The van der Waals surface area contributed by atoms with E-state index in [9.17, 15) is 9.59 Å². The number of methoxy groups -OCH3 is 2. The Morgan fingerprint density at radius 3 is 2.42 bits per heavy atom. The van der Waals surface area contributed by atoms with Crippen LogP contribution in [0.5, 0.6) is 17.2 Å². The molecule has 1 aliphatic rings. The number of hydrogen-bond acceptors (Lipinski definition) is 8. The largest absolute Gasteiger partial charge is 0.497 e. The van der Waals surface area contributed by atoms with Gasteiger partial charge >= 0.3 is 5.97 Å². The molecule has 9 heteroatoms. The van der Waals surface area contributed by atoms with Crippen molar-refractivity contribution in [2.24, 2.45) is 10.9 Å². The Kier molecular flexibility index (Phi) is 9.47. The number of esters is 1. The summed E-state index contributed by atoms with van der Waals surface area (Å²) in [7, 11) is 3.13. The first-order valence-electron chi connectivity index (χ1n) is 13.5. The van der Waals surface area contributed by atoms with E-state index in [4.69, 9.17) is 23.9 Å². The minimum Gasteiger partial charge on any atom is -0.497 e. The van der Waals surface area contributed by atoms with E-state index in [1.54, 1.807) is 43.9 Å². The number of carbonyl (C=O) groups is 1. The van der Waals surface area contributed by atoms with Gasteiger partial charge in [-0.2, -0.15) is 0 Å². The number of aromatic nitrogens is 1. The zero-order valence-electron chi connectivity index (χ0n) is 23.9. The van der Waals surface area contributed by atoms with Crippen LogP contribution in [0.3, 0.4) is 0 Å². The summed E-state index contributed by atoms with van der Waals surface area (Å²) in [6.07, 6.45) is 3.16. The maximum atomic E-state index is 14.0. The lowest BCUT2D eigenvalue weighted by molar-refractivity contribution is -0.139. The van der Waals surface area contributed by atoms with Crippen molar-refractivity contribution in [3.05, 3.63) is 84.5 Å². The Hall–Kier alpha value is -3.85. The van der Waals surface area contributed by atoms with Crippen LogP contribution in [0, 0.1) is 5.92 Å². The molecule has 0 fully saturated rings. The highest BCUT2D eigenvalue weighted by Crippen LogP contribution is 2.38. The lowest BCUT2D eigenvalue weighted by Gasteiger charge is -2.27. The monoisotopic (exact) mass is 564 g/mol. The molecule has 1 atom stereocenters. The highest BCUT2D eigenvalue weighted by Gasteiger charge is 2.36. The average Bonchev–Trinajstić information content (AvgIpc) is 3.25. The van der Waals surface area contributed by atoms with Gasteiger partial charge < -0.3 is 18.9 Å². The lowest BCUT2D eigenvalue weighted by Crippen LogP contribution is -2.40. The van der Waals surface area contributed by atoms with Gasteiger partial charge in [-0.05, 0) is 61.2 Å². The molecule has 0 radical (unpaired) electrons. The Labute approximate surface area is 238 Å². The summed E-state index contributed by atoms with van der Waals surface area (Å²) >= 11 is 1.29. The summed E-state index contributed by atoms with van der Waals surface area (Å²) in [5.41, 5.74) is 2.16. The Balaban J connectivity index is 1.92. The van der Waals surface area contributed by atoms with E-state index in [1.807, 2.05) is 37.3 Å². The number of thiazole rings is 1. The number of allylic oxidation sites excluding steroid dienone is 1. The zero-order chi connectivity index (χ0) is 28.8. The van der Waals surface area contributed by atoms with Crippen LogP contribution in [0.25, 0.3) is 6.08 Å². The maximum Gasteiger partial charge on any atom is 0.338 e. The minimum absolute atomic E-state index is 0.199. The van der Waals surface area contributed by atoms with E-state index in [0.717, 1.165) is 17.7 Å². The molecule has 0 saturated carbocycles. The fourth-order valence-corrected chi connectivity index (χ4v) is 5.56. The topological polar surface area (TPSA) is 88.4 Å². The smallest absolute Gasteiger partial charge is 0.338 e. The first kappa shape index (κ1) is 29.1. The third-order valence-corrected chi connectivity index (χ3v) is 7.37. The van der Waals surface area contributed by atoms with Crippen LogP contribution in [0.15, 0.2) is 63.5 Å². The summed E-state index contributed by atoms with van der Waals surface area (Å²) in [6, 6.07) is 12.2. The molecular weight excluding hydrogens is 528 g/mol. The van der Waals surface area contributed by atoms with Crippen molar-refractivity contribution in [3.8, 4) is 17.2 Å². The molecule has 1 aromatic heterocycles. The number of rotatable bonds is 11. The molecule has 2 heterocycles. The molecular formula is C31H36N2O6S. The van der Waals surface area contributed by atoms with Gasteiger partial charge in [-0.15, -0.1) is 0 Å². The average molecular weight is 565 g/mol. The van der Waals surface area contributed by atoms with Crippen molar-refractivity contribution in [3.63, 3.8) is 0 Å². The molecule has 0 spiro atoms. The van der Waals surface area contributed by atoms with Crippen LogP contribution in [-0.4, -0.2) is 38.0 Å². The van der Waals surface area contributed by atoms with Gasteiger partial charge in [0.25, 0.3) is 5.56 Å². The van der Waals surface area contributed by atoms with Gasteiger partial charge in [0.15, 0.2) is 4.80 Å². The number of hydrogen-bond donors (Lipinski definition) is 0. The quantitative estimate of drug-likeness (QED) is 0.316. The molecule has 3 aromatic rings. The molecule has 8 nitrogen and oxygen atoms in total. The van der Waals surface area contributed by atoms with Gasteiger partial charge in [-0.25, -0.2) is 9.79 Å². The van der Waals surface area contributed by atoms with Crippen LogP contribution in [0.2, 0.25) is 0 Å². The first-order valence-corrected chi connectivity index (χ1v) is 14.3. The Bertz CT molecular complexity index is 1570. The SMILES string of the molecule is CCCC1=C(C(=O)OCC)[C@@H](c2cc(OC)ccc2OC)n2c(s/c(=C\c3ccc(OCC(C)C)cc3)c2=O)=N1. The highest BCUT2D eigenvalue weighted by molar-refractivity contribution is 7.07. The number of carbonyl (C=O) groups excluding carboxylic acids is 1. The van der Waals surface area contributed by atoms with Crippen LogP contribution in [0.4, 0.5) is 0 Å². The summed E-state index contributed by atoms with van der Waals surface area (Å²) in [6.45, 7) is 8.81. The number of benzene rings is 2. The van der Waals surface area contributed by atoms with Crippen molar-refractivity contribution in [1.82, 2.24) is 4.57 Å². The third kappa shape index (κ3) is 6.14. The second-order valence-electron chi connectivity index (χ2n) is 9.80. The summed E-state index contributed by atoms with van der Waals surface area (Å²) in [4.78, 5) is 32.8. The zero-order valence-corrected chi connectivity index (χ0v) is 24.7. The fraction of sp³-hybridized carbons (Fsp3) is 0.387. The van der Waals surface area contributed by atoms with Crippen molar-refractivity contribution in [1.29, 1.82) is 0 Å². The first-order chi connectivity index (χ1) is 19.3. The fourth-order valence-electron chi connectivity index (χ4n) is 4.54. The molecule has 0 amide bonds. The van der Waals surface area contributed by atoms with Gasteiger partial charge in [0.1, 0.15) is 23.3 Å². The third-order valence-electron chi connectivity index (χ3n) is 6.38. The van der Waals surface area contributed by atoms with E-state index >= 15 is 0 Å². The van der Waals surface area contributed by atoms with Crippen LogP contribution >= 0.6 is 11.3 Å². The van der Waals surface area contributed by atoms with Crippen LogP contribution in [0.1, 0.15) is 57.7 Å². The van der Waals surface area contributed by atoms with Gasteiger partial charge in [-0.3, -0.25) is 9.36 Å². The number of nitrogens with zero attached hydrogens (tertiary/aromatic N) is 2. The van der Waals surface area contributed by atoms with E-state index in [0.29, 0.717) is 56.6 Å². The van der Waals surface area contributed by atoms with Crippen LogP contribution in [-0.2, 0) is 9.53 Å². The van der Waals surface area contributed by atoms with Gasteiger partial charge in [0, 0.05) is 5.56 Å². The van der Waals surface area contributed by atoms with E-state index in [-0.39, 0.29) is 12.2 Å². The Morgan fingerprint density at radius 1 is 1.07 bits per heavy atom. The van der Waals surface area contributed by atoms with E-state index < -0.39 is 12.0 Å². The molecule has 0 N–H and O–H groups in total. The van der Waals surface area contributed by atoms with Crippen molar-refractivity contribution in [2.45, 2.75) is 46.6 Å². The molecule has 0 aliphatic carbocycles. The van der Waals surface area contributed by atoms with E-state index in [2.05, 4.69) is 13.8 Å². The molecule has 4 rings (SSSR count). The summed E-state index contributed by atoms with van der Waals surface area (Å²) < 4.78 is 24.5. The highest BCUT2D eigenvalue weighted by atomic mass is 32.1. The Morgan fingerprint density at radius 2 is 1.80 bits per heavy atom. The second-order valence-corrected chi connectivity index (χ2v) is 10.8. The molecule has 212 valence electrons. The maximum absolute atomic E-state index is 14.0. The van der Waals surface area contributed by atoms with Crippen molar-refractivity contribution < 1.29 is 23.7 Å². The molecule has 1 aliphatic heterocycles. The lowest BCUT2D eigenvalue weighted by atomic mass is 9.93. The van der Waals surface area contributed by atoms with Gasteiger partial charge in [0.2, 0.25) is 0 Å². The van der Waals surface area contributed by atoms with Gasteiger partial charge in [-0.1, -0.05) is 50.7 Å². The predicted molar refractivity (Wildman–Crippen MR) is 156 cm³/mol. The molecule has 0 bridgehead atoms. The van der Waals surface area contributed by atoms with Gasteiger partial charge in [0.05, 0.1) is 43.2 Å². The van der Waals surface area contributed by atoms with Crippen molar-refractivity contribution >= 4 is 23.4 Å².